The third-order valence-electron chi connectivity index (χ3n) is 6.01. The molecule has 3 rings (SSSR count). The Labute approximate surface area is 265 Å². The molecule has 0 bridgehead atoms. The Morgan fingerprint density at radius 1 is 0.429 bits per heavy atom. The second kappa shape index (κ2) is 13.4. The zero-order chi connectivity index (χ0) is 38.3. The van der Waals surface area contributed by atoms with E-state index in [-0.39, 0.29) is 16.7 Å². The molecular weight excluding hydrogens is 766 g/mol. The number of halogens is 18. The van der Waals surface area contributed by atoms with Crippen LogP contribution in [0.15, 0.2) is 99.6 Å². The van der Waals surface area contributed by atoms with Crippen molar-refractivity contribution >= 4 is 21.0 Å². The maximum absolute atomic E-state index is 13.2. The van der Waals surface area contributed by atoms with Gasteiger partial charge in [0, 0.05) is 0 Å². The smallest absolute Gasteiger partial charge is 0.460 e. The van der Waals surface area contributed by atoms with Crippen LogP contribution in [0.5, 0.6) is 0 Å². The molecule has 0 N–H and O–H groups in total. The van der Waals surface area contributed by atoms with Gasteiger partial charge in [-0.15, -0.1) is 0 Å². The molecule has 0 atom stereocenters. The van der Waals surface area contributed by atoms with Crippen LogP contribution < -0.4 is 0 Å². The van der Waals surface area contributed by atoms with Crippen LogP contribution >= 0.6 is 0 Å². The van der Waals surface area contributed by atoms with Gasteiger partial charge < -0.3 is 4.55 Å². The Hall–Kier alpha value is -3.34. The highest BCUT2D eigenvalue weighted by atomic mass is 32.2. The largest absolute Gasteiger partial charge is 0.743 e. The molecule has 0 spiro atoms. The van der Waals surface area contributed by atoms with Gasteiger partial charge in [-0.25, -0.2) is 12.8 Å². The molecule has 0 aliphatic rings. The van der Waals surface area contributed by atoms with E-state index in [0.717, 1.165) is 4.90 Å². The predicted octanol–water partition coefficient (Wildman–Crippen LogP) is 9.42. The van der Waals surface area contributed by atoms with Gasteiger partial charge in [0.2, 0.25) is 0 Å². The van der Waals surface area contributed by atoms with Crippen LogP contribution in [-0.2, 0) is 21.0 Å². The summed E-state index contributed by atoms with van der Waals surface area (Å²) in [6, 6.07) is 27.5. The number of alkyl halides is 17. The number of benzene rings is 3. The summed E-state index contributed by atoms with van der Waals surface area (Å²) in [5.41, 5.74) is 0. The molecule has 0 aliphatic carbocycles. The Kier molecular flexibility index (Phi) is 11.5. The number of hydrogen-bond donors (Lipinski definition) is 0. The van der Waals surface area contributed by atoms with Gasteiger partial charge in [0.25, 0.3) is 0 Å². The fraction of sp³-hybridized carbons (Fsp3) is 0.308. The fourth-order valence-electron chi connectivity index (χ4n) is 3.40. The van der Waals surface area contributed by atoms with Crippen LogP contribution in [0.25, 0.3) is 0 Å². The van der Waals surface area contributed by atoms with Crippen LogP contribution in [-0.4, -0.2) is 59.9 Å². The second-order valence-corrected chi connectivity index (χ2v) is 12.7. The van der Waals surface area contributed by atoms with Crippen LogP contribution in [0.1, 0.15) is 0 Å². The van der Waals surface area contributed by atoms with Crippen molar-refractivity contribution in [3.05, 3.63) is 90.7 Å². The van der Waals surface area contributed by atoms with Gasteiger partial charge in [0.15, 0.2) is 24.8 Å². The van der Waals surface area contributed by atoms with Gasteiger partial charge in [-0.05, 0) is 48.5 Å². The van der Waals surface area contributed by atoms with Gasteiger partial charge >= 0.3 is 47.0 Å². The summed E-state index contributed by atoms with van der Waals surface area (Å²) in [5, 5.41) is -7.95. The van der Waals surface area contributed by atoms with E-state index >= 15 is 0 Å². The lowest BCUT2D eigenvalue weighted by atomic mass is 9.91. The van der Waals surface area contributed by atoms with Crippen molar-refractivity contribution in [2.75, 3.05) is 0 Å². The lowest BCUT2D eigenvalue weighted by molar-refractivity contribution is -0.458. The lowest BCUT2D eigenvalue weighted by Gasteiger charge is -2.42. The summed E-state index contributed by atoms with van der Waals surface area (Å²) in [6.45, 7) is 0. The van der Waals surface area contributed by atoms with Crippen LogP contribution in [0.4, 0.5) is 79.0 Å². The van der Waals surface area contributed by atoms with E-state index in [9.17, 15) is 92.0 Å². The monoisotopic (exact) mass is 780 g/mol. The van der Waals surface area contributed by atoms with Gasteiger partial charge in [-0.3, -0.25) is 0 Å². The molecule has 0 saturated heterocycles. The van der Waals surface area contributed by atoms with Crippen LogP contribution in [0.2, 0.25) is 0 Å². The minimum Gasteiger partial charge on any atom is -0.743 e. The molecule has 274 valence electrons. The summed E-state index contributed by atoms with van der Waals surface area (Å²) in [4.78, 5) is 3.61. The molecule has 3 aromatic rings. The second-order valence-electron chi connectivity index (χ2n) is 9.30. The highest BCUT2D eigenvalue weighted by Crippen LogP contribution is 2.64. The lowest BCUT2D eigenvalue weighted by Crippen LogP contribution is -2.75. The molecular formula is C26H14F18O3S2. The first kappa shape index (κ1) is 41.8. The van der Waals surface area contributed by atoms with Crippen molar-refractivity contribution in [2.45, 2.75) is 61.7 Å². The van der Waals surface area contributed by atoms with E-state index in [1.165, 1.54) is 21.9 Å². The van der Waals surface area contributed by atoms with Gasteiger partial charge in [-0.1, -0.05) is 36.4 Å². The van der Waals surface area contributed by atoms with E-state index in [0.29, 0.717) is 0 Å². The van der Waals surface area contributed by atoms with E-state index in [1.807, 2.05) is 48.5 Å². The predicted molar refractivity (Wildman–Crippen MR) is 132 cm³/mol. The standard InChI is InChI=1S/C18H14FS.C8HF17O3S/c19-15-11-13-18(14-12-15)20(16-7-3-1-4-8-16)17-9-5-2-6-10-17;9-1(10,3(13,14)5(17,18)7(21,22)23)2(11,12)4(15,16)6(19,20)8(24,25)29(26,27)28/h1-14H;(H,26,27,28)/q+1;/p-1. The number of hydrogen-bond acceptors (Lipinski definition) is 3. The van der Waals surface area contributed by atoms with Crippen molar-refractivity contribution in [1.82, 2.24) is 0 Å². The minimum atomic E-state index is -8.92. The van der Waals surface area contributed by atoms with E-state index in [1.54, 1.807) is 0 Å². The highest BCUT2D eigenvalue weighted by molar-refractivity contribution is 7.97. The van der Waals surface area contributed by atoms with Crippen molar-refractivity contribution in [3.63, 3.8) is 0 Å². The SMILES string of the molecule is Fc1ccc([S+](c2ccccc2)c2ccccc2)cc1.O=S(=O)([O-])C(F)(F)C(F)(F)C(F)(F)C(F)(F)C(F)(F)C(F)(F)C(F)(F)C(F)(F)F. The van der Waals surface area contributed by atoms with E-state index < -0.39 is 57.1 Å². The zero-order valence-electron chi connectivity index (χ0n) is 22.9. The molecule has 3 aromatic carbocycles. The maximum Gasteiger partial charge on any atom is 0.460 e. The minimum absolute atomic E-state index is 0.190. The first-order chi connectivity index (χ1) is 21.8. The summed E-state index contributed by atoms with van der Waals surface area (Å²) in [5.74, 6) is -52.3. The molecule has 0 fully saturated rings. The van der Waals surface area contributed by atoms with Crippen molar-refractivity contribution in [2.24, 2.45) is 0 Å². The molecule has 49 heavy (non-hydrogen) atoms. The molecule has 0 saturated carbocycles. The average Bonchev–Trinajstić information content (AvgIpc) is 2.98. The molecule has 0 aromatic heterocycles. The molecule has 0 aliphatic heterocycles. The quantitative estimate of drug-likeness (QED) is 0.117. The topological polar surface area (TPSA) is 57.2 Å². The van der Waals surface area contributed by atoms with Gasteiger partial charge in [-0.2, -0.15) is 74.6 Å². The average molecular weight is 780 g/mol. The Bertz CT molecular complexity index is 1620. The zero-order valence-corrected chi connectivity index (χ0v) is 24.6. The first-order valence-electron chi connectivity index (χ1n) is 12.1. The third kappa shape index (κ3) is 7.14. The molecule has 0 unspecified atom stereocenters. The normalized spacial score (nSPS) is 14.4. The number of rotatable bonds is 10. The molecule has 3 nitrogen and oxygen atoms in total. The summed E-state index contributed by atoms with van der Waals surface area (Å²) < 4.78 is 257. The van der Waals surface area contributed by atoms with Gasteiger partial charge in [0.05, 0.1) is 10.9 Å². The van der Waals surface area contributed by atoms with Crippen molar-refractivity contribution in [1.29, 1.82) is 0 Å². The Morgan fingerprint density at radius 2 is 0.714 bits per heavy atom. The summed E-state index contributed by atoms with van der Waals surface area (Å²) >= 11 is 0. The third-order valence-corrected chi connectivity index (χ3v) is 9.13. The molecule has 0 radical (unpaired) electrons. The Balaban J connectivity index is 0.000000360. The first-order valence-corrected chi connectivity index (χ1v) is 14.7. The van der Waals surface area contributed by atoms with E-state index in [2.05, 4.69) is 24.3 Å². The highest BCUT2D eigenvalue weighted by Gasteiger charge is 2.95. The summed E-state index contributed by atoms with van der Waals surface area (Å²) in [6.07, 6.45) is -7.89. The van der Waals surface area contributed by atoms with Crippen molar-refractivity contribution < 1.29 is 92.0 Å². The Morgan fingerprint density at radius 3 is 1.02 bits per heavy atom. The fourth-order valence-corrected chi connectivity index (χ4v) is 5.92. The maximum atomic E-state index is 13.2. The molecule has 23 heteroatoms. The van der Waals surface area contributed by atoms with Crippen LogP contribution in [0, 0.1) is 5.82 Å². The van der Waals surface area contributed by atoms with E-state index in [4.69, 9.17) is 0 Å². The molecule has 0 amide bonds. The van der Waals surface area contributed by atoms with Gasteiger partial charge in [0.1, 0.15) is 5.82 Å². The van der Waals surface area contributed by atoms with Crippen LogP contribution in [0.3, 0.4) is 0 Å². The van der Waals surface area contributed by atoms with Crippen molar-refractivity contribution in [3.8, 4) is 0 Å². The summed E-state index contributed by atoms with van der Waals surface area (Å²) in [7, 11) is -8.33. The molecule has 0 heterocycles.